The predicted molar refractivity (Wildman–Crippen MR) is 73.1 cm³/mol. The molecular weight excluding hydrogens is 230 g/mol. The maximum atomic E-state index is 10.6. The molecule has 0 radical (unpaired) electrons. The lowest BCUT2D eigenvalue weighted by molar-refractivity contribution is 0.0110. The number of hydrogen-bond donors (Lipinski definition) is 2. The molecule has 0 saturated heterocycles. The average molecular weight is 253 g/mol. The molecular formula is C14H23NOS. The standard InChI is InChI=1S/C14H23NOS/c15-11-14(8-4-2-1-3-5-9-14)13(16)12-7-6-10-17-12/h6-7,10,13,16H,1-5,8-9,11,15H2. The monoisotopic (exact) mass is 253 g/mol. The molecule has 2 rings (SSSR count). The summed E-state index contributed by atoms with van der Waals surface area (Å²) in [7, 11) is 0. The maximum Gasteiger partial charge on any atom is 0.0949 e. The van der Waals surface area contributed by atoms with E-state index >= 15 is 0 Å². The van der Waals surface area contributed by atoms with Crippen LogP contribution >= 0.6 is 11.3 Å². The van der Waals surface area contributed by atoms with Crippen LogP contribution in [0.15, 0.2) is 17.5 Å². The molecule has 1 heterocycles. The van der Waals surface area contributed by atoms with Crippen molar-refractivity contribution in [3.8, 4) is 0 Å². The summed E-state index contributed by atoms with van der Waals surface area (Å²) >= 11 is 1.65. The van der Waals surface area contributed by atoms with Crippen molar-refractivity contribution in [2.24, 2.45) is 11.1 Å². The van der Waals surface area contributed by atoms with E-state index in [-0.39, 0.29) is 11.5 Å². The van der Waals surface area contributed by atoms with Gasteiger partial charge >= 0.3 is 0 Å². The van der Waals surface area contributed by atoms with Crippen LogP contribution in [0.25, 0.3) is 0 Å². The highest BCUT2D eigenvalue weighted by atomic mass is 32.1. The quantitative estimate of drug-likeness (QED) is 0.866. The molecule has 1 unspecified atom stereocenters. The third-order valence-electron chi connectivity index (χ3n) is 4.15. The number of hydrogen-bond acceptors (Lipinski definition) is 3. The van der Waals surface area contributed by atoms with Crippen molar-refractivity contribution in [3.05, 3.63) is 22.4 Å². The summed E-state index contributed by atoms with van der Waals surface area (Å²) in [6, 6.07) is 4.04. The lowest BCUT2D eigenvalue weighted by atomic mass is 9.71. The summed E-state index contributed by atoms with van der Waals surface area (Å²) in [6.07, 6.45) is 8.11. The Morgan fingerprint density at radius 1 is 1.24 bits per heavy atom. The fourth-order valence-corrected chi connectivity index (χ4v) is 3.80. The van der Waals surface area contributed by atoms with E-state index in [1.165, 1.54) is 32.1 Å². The first-order valence-corrected chi connectivity index (χ1v) is 7.58. The van der Waals surface area contributed by atoms with Crippen LogP contribution in [0.4, 0.5) is 0 Å². The first-order chi connectivity index (χ1) is 8.28. The molecule has 1 aliphatic carbocycles. The van der Waals surface area contributed by atoms with Crippen LogP contribution in [-0.4, -0.2) is 11.7 Å². The third-order valence-corrected chi connectivity index (χ3v) is 5.07. The summed E-state index contributed by atoms with van der Waals surface area (Å²) < 4.78 is 0. The first-order valence-electron chi connectivity index (χ1n) is 6.70. The molecule has 1 saturated carbocycles. The van der Waals surface area contributed by atoms with Gasteiger partial charge in [0.05, 0.1) is 6.10 Å². The Morgan fingerprint density at radius 2 is 1.88 bits per heavy atom. The molecule has 1 fully saturated rings. The number of thiophene rings is 1. The molecule has 0 aliphatic heterocycles. The second-order valence-electron chi connectivity index (χ2n) is 5.25. The average Bonchev–Trinajstić information content (AvgIpc) is 2.82. The molecule has 0 aromatic carbocycles. The zero-order chi connectivity index (χ0) is 12.1. The van der Waals surface area contributed by atoms with Crippen molar-refractivity contribution in [1.82, 2.24) is 0 Å². The topological polar surface area (TPSA) is 46.2 Å². The van der Waals surface area contributed by atoms with Crippen LogP contribution < -0.4 is 5.73 Å². The Balaban J connectivity index is 2.15. The predicted octanol–water partition coefficient (Wildman–Crippen LogP) is 3.47. The zero-order valence-electron chi connectivity index (χ0n) is 10.4. The van der Waals surface area contributed by atoms with E-state index < -0.39 is 0 Å². The van der Waals surface area contributed by atoms with Gasteiger partial charge < -0.3 is 10.8 Å². The van der Waals surface area contributed by atoms with Gasteiger partial charge in [-0.1, -0.05) is 38.2 Å². The highest BCUT2D eigenvalue weighted by Gasteiger charge is 2.37. The molecule has 1 aliphatic rings. The maximum absolute atomic E-state index is 10.6. The van der Waals surface area contributed by atoms with Crippen LogP contribution in [0, 0.1) is 5.41 Å². The Bertz CT molecular complexity index is 315. The number of rotatable bonds is 3. The summed E-state index contributed by atoms with van der Waals surface area (Å²) in [5.74, 6) is 0. The second kappa shape index (κ2) is 5.98. The molecule has 1 atom stereocenters. The van der Waals surface area contributed by atoms with E-state index in [0.29, 0.717) is 6.54 Å². The van der Waals surface area contributed by atoms with E-state index in [1.54, 1.807) is 11.3 Å². The van der Waals surface area contributed by atoms with Crippen molar-refractivity contribution in [1.29, 1.82) is 0 Å². The van der Waals surface area contributed by atoms with Gasteiger partial charge in [0.15, 0.2) is 0 Å². The minimum absolute atomic E-state index is 0.0781. The molecule has 2 nitrogen and oxygen atoms in total. The van der Waals surface area contributed by atoms with Crippen molar-refractivity contribution in [3.63, 3.8) is 0 Å². The molecule has 17 heavy (non-hydrogen) atoms. The molecule has 0 bridgehead atoms. The van der Waals surface area contributed by atoms with Crippen molar-refractivity contribution in [2.45, 2.75) is 51.0 Å². The minimum Gasteiger partial charge on any atom is -0.387 e. The Hall–Kier alpha value is -0.380. The summed E-state index contributed by atoms with van der Waals surface area (Å²) in [5.41, 5.74) is 5.93. The molecule has 0 amide bonds. The molecule has 3 heteroatoms. The Kier molecular flexibility index (Phi) is 4.60. The van der Waals surface area contributed by atoms with Crippen molar-refractivity contribution >= 4 is 11.3 Å². The van der Waals surface area contributed by atoms with Gasteiger partial charge in [-0.15, -0.1) is 11.3 Å². The van der Waals surface area contributed by atoms with E-state index in [2.05, 4.69) is 0 Å². The van der Waals surface area contributed by atoms with Crippen LogP contribution in [0.5, 0.6) is 0 Å². The lowest BCUT2D eigenvalue weighted by Gasteiger charge is -2.38. The van der Waals surface area contributed by atoms with Gasteiger partial charge in [-0.3, -0.25) is 0 Å². The van der Waals surface area contributed by atoms with Gasteiger partial charge in [-0.25, -0.2) is 0 Å². The molecule has 96 valence electrons. The van der Waals surface area contributed by atoms with E-state index in [0.717, 1.165) is 17.7 Å². The normalized spacial score (nSPS) is 22.7. The molecule has 1 aromatic heterocycles. The van der Waals surface area contributed by atoms with Gasteiger partial charge in [0.25, 0.3) is 0 Å². The van der Waals surface area contributed by atoms with Crippen LogP contribution in [0.2, 0.25) is 0 Å². The van der Waals surface area contributed by atoms with Crippen LogP contribution in [0.3, 0.4) is 0 Å². The zero-order valence-corrected chi connectivity index (χ0v) is 11.2. The number of aliphatic hydroxyl groups excluding tert-OH is 1. The summed E-state index contributed by atoms with van der Waals surface area (Å²) in [6.45, 7) is 0.603. The molecule has 0 spiro atoms. The lowest BCUT2D eigenvalue weighted by Crippen LogP contribution is -2.37. The van der Waals surface area contributed by atoms with Crippen LogP contribution in [-0.2, 0) is 0 Å². The second-order valence-corrected chi connectivity index (χ2v) is 6.23. The number of nitrogens with two attached hydrogens (primary N) is 1. The summed E-state index contributed by atoms with van der Waals surface area (Å²) in [5, 5.41) is 12.7. The Labute approximate surface area is 108 Å². The highest BCUT2D eigenvalue weighted by molar-refractivity contribution is 7.10. The van der Waals surface area contributed by atoms with Gasteiger partial charge in [0.2, 0.25) is 0 Å². The van der Waals surface area contributed by atoms with Crippen molar-refractivity contribution in [2.75, 3.05) is 6.54 Å². The SMILES string of the molecule is NCC1(C(O)c2cccs2)CCCCCCC1. The van der Waals surface area contributed by atoms with E-state index in [1.807, 2.05) is 17.5 Å². The van der Waals surface area contributed by atoms with Crippen molar-refractivity contribution < 1.29 is 5.11 Å². The minimum atomic E-state index is -0.370. The Morgan fingerprint density at radius 3 is 2.41 bits per heavy atom. The fourth-order valence-electron chi connectivity index (χ4n) is 2.95. The van der Waals surface area contributed by atoms with E-state index in [4.69, 9.17) is 5.73 Å². The third kappa shape index (κ3) is 2.90. The van der Waals surface area contributed by atoms with Gasteiger partial charge in [-0.05, 0) is 24.3 Å². The van der Waals surface area contributed by atoms with Gasteiger partial charge in [0.1, 0.15) is 0 Å². The van der Waals surface area contributed by atoms with Crippen LogP contribution in [0.1, 0.15) is 55.9 Å². The fraction of sp³-hybridized carbons (Fsp3) is 0.714. The molecule has 1 aromatic rings. The smallest absolute Gasteiger partial charge is 0.0949 e. The first kappa shape index (κ1) is 13.1. The van der Waals surface area contributed by atoms with Gasteiger partial charge in [0, 0.05) is 16.8 Å². The van der Waals surface area contributed by atoms with E-state index in [9.17, 15) is 5.11 Å². The largest absolute Gasteiger partial charge is 0.387 e. The van der Waals surface area contributed by atoms with Gasteiger partial charge in [-0.2, -0.15) is 0 Å². The summed E-state index contributed by atoms with van der Waals surface area (Å²) in [4.78, 5) is 1.08. The highest BCUT2D eigenvalue weighted by Crippen LogP contribution is 2.44. The number of aliphatic hydroxyl groups is 1. The molecule has 3 N–H and O–H groups in total.